The number of carbonyl (C=O) groups excluding carboxylic acids is 2. The number of benzene rings is 2. The summed E-state index contributed by atoms with van der Waals surface area (Å²) < 4.78 is 11.2. The van der Waals surface area contributed by atoms with Crippen LogP contribution in [-0.2, 0) is 4.74 Å². The van der Waals surface area contributed by atoms with Crippen molar-refractivity contribution < 1.29 is 19.1 Å². The van der Waals surface area contributed by atoms with Gasteiger partial charge in [-0.25, -0.2) is 9.78 Å². The van der Waals surface area contributed by atoms with Gasteiger partial charge in [0.2, 0.25) is 5.88 Å². The van der Waals surface area contributed by atoms with Crippen molar-refractivity contribution in [2.75, 3.05) is 0 Å². The first-order valence-corrected chi connectivity index (χ1v) is 11.4. The molecular weight excluding hydrogens is 475 g/mol. The molecular formula is C26H26Cl2N2O4. The second-order valence-electron chi connectivity index (χ2n) is 8.84. The van der Waals surface area contributed by atoms with Gasteiger partial charge in [0.1, 0.15) is 16.9 Å². The maximum atomic E-state index is 13.1. The lowest BCUT2D eigenvalue weighted by atomic mass is 10.1. The summed E-state index contributed by atoms with van der Waals surface area (Å²) in [6.45, 7) is 9.13. The van der Waals surface area contributed by atoms with Gasteiger partial charge in [-0.15, -0.1) is 0 Å². The van der Waals surface area contributed by atoms with Crippen LogP contribution in [0.4, 0.5) is 0 Å². The molecule has 3 rings (SSSR count). The predicted molar refractivity (Wildman–Crippen MR) is 133 cm³/mol. The van der Waals surface area contributed by atoms with E-state index < -0.39 is 17.5 Å². The molecule has 8 heteroatoms. The smallest absolute Gasteiger partial charge is 0.338 e. The molecule has 0 radical (unpaired) electrons. The van der Waals surface area contributed by atoms with Gasteiger partial charge in [-0.05, 0) is 82.1 Å². The summed E-state index contributed by atoms with van der Waals surface area (Å²) in [4.78, 5) is 29.5. The molecule has 3 aromatic rings. The third-order valence-electron chi connectivity index (χ3n) is 4.80. The molecule has 0 bridgehead atoms. The van der Waals surface area contributed by atoms with Crippen molar-refractivity contribution in [3.05, 3.63) is 87.0 Å². The van der Waals surface area contributed by atoms with Crippen LogP contribution in [0.15, 0.2) is 54.7 Å². The van der Waals surface area contributed by atoms with Crippen LogP contribution in [0.25, 0.3) is 0 Å². The first-order chi connectivity index (χ1) is 15.9. The lowest BCUT2D eigenvalue weighted by Gasteiger charge is -2.20. The van der Waals surface area contributed by atoms with Crippen molar-refractivity contribution in [2.45, 2.75) is 46.3 Å². The minimum absolute atomic E-state index is 0.121. The Kier molecular flexibility index (Phi) is 7.85. The number of halogens is 2. The molecule has 0 fully saturated rings. The fourth-order valence-corrected chi connectivity index (χ4v) is 3.34. The fourth-order valence-electron chi connectivity index (χ4n) is 3.07. The van der Waals surface area contributed by atoms with Gasteiger partial charge in [0.25, 0.3) is 5.91 Å². The Morgan fingerprint density at radius 2 is 1.71 bits per heavy atom. The lowest BCUT2D eigenvalue weighted by Crippen LogP contribution is -2.27. The molecule has 0 saturated heterocycles. The zero-order chi connectivity index (χ0) is 25.0. The minimum Gasteiger partial charge on any atom is -0.456 e. The van der Waals surface area contributed by atoms with Crippen molar-refractivity contribution in [2.24, 2.45) is 0 Å². The Hall–Kier alpha value is -3.09. The van der Waals surface area contributed by atoms with Crippen molar-refractivity contribution >= 4 is 35.1 Å². The van der Waals surface area contributed by atoms with Gasteiger partial charge in [-0.2, -0.15) is 0 Å². The summed E-state index contributed by atoms with van der Waals surface area (Å²) in [5.41, 5.74) is 1.70. The monoisotopic (exact) mass is 500 g/mol. The van der Waals surface area contributed by atoms with Gasteiger partial charge in [0.05, 0.1) is 16.6 Å². The van der Waals surface area contributed by atoms with Crippen molar-refractivity contribution in [1.29, 1.82) is 0 Å². The van der Waals surface area contributed by atoms with Gasteiger partial charge in [0, 0.05) is 11.2 Å². The Labute approximate surface area is 209 Å². The number of aromatic nitrogens is 1. The number of rotatable bonds is 6. The third-order valence-corrected chi connectivity index (χ3v) is 5.43. The highest BCUT2D eigenvalue weighted by Gasteiger charge is 2.20. The van der Waals surface area contributed by atoms with Gasteiger partial charge in [-0.1, -0.05) is 35.3 Å². The van der Waals surface area contributed by atoms with Crippen LogP contribution >= 0.6 is 23.2 Å². The first kappa shape index (κ1) is 25.5. The van der Waals surface area contributed by atoms with Crippen LogP contribution in [0.2, 0.25) is 10.0 Å². The van der Waals surface area contributed by atoms with E-state index in [2.05, 4.69) is 10.3 Å². The normalized spacial score (nSPS) is 12.1. The topological polar surface area (TPSA) is 77.5 Å². The molecule has 6 nitrogen and oxygen atoms in total. The van der Waals surface area contributed by atoms with Crippen LogP contribution in [0.1, 0.15) is 65.6 Å². The van der Waals surface area contributed by atoms with Crippen LogP contribution in [0.5, 0.6) is 11.6 Å². The number of carbonyl (C=O) groups is 2. The van der Waals surface area contributed by atoms with Crippen LogP contribution in [0.3, 0.4) is 0 Å². The molecule has 1 aromatic heterocycles. The quantitative estimate of drug-likeness (QED) is 0.371. The first-order valence-electron chi connectivity index (χ1n) is 10.7. The molecule has 1 atom stereocenters. The summed E-state index contributed by atoms with van der Waals surface area (Å²) in [7, 11) is 0. The molecule has 0 spiro atoms. The van der Waals surface area contributed by atoms with Gasteiger partial charge in [-0.3, -0.25) is 4.79 Å². The minimum atomic E-state index is -0.577. The molecule has 0 saturated carbocycles. The average Bonchev–Trinajstić information content (AvgIpc) is 2.76. The zero-order valence-corrected chi connectivity index (χ0v) is 21.1. The number of hydrogen-bond acceptors (Lipinski definition) is 5. The number of esters is 1. The molecule has 1 amide bonds. The van der Waals surface area contributed by atoms with Crippen molar-refractivity contribution in [3.63, 3.8) is 0 Å². The molecule has 34 heavy (non-hydrogen) atoms. The van der Waals surface area contributed by atoms with Gasteiger partial charge in [0.15, 0.2) is 0 Å². The molecule has 1 N–H and O–H groups in total. The summed E-state index contributed by atoms with van der Waals surface area (Å²) in [5.74, 6) is -0.188. The van der Waals surface area contributed by atoms with E-state index in [1.54, 1.807) is 42.5 Å². The molecule has 0 unspecified atom stereocenters. The highest BCUT2D eigenvalue weighted by atomic mass is 35.5. The number of pyridine rings is 1. The number of nitrogens with one attached hydrogen (secondary N) is 1. The van der Waals surface area contributed by atoms with Crippen molar-refractivity contribution in [1.82, 2.24) is 10.3 Å². The fraction of sp³-hybridized carbons (Fsp3) is 0.269. The van der Waals surface area contributed by atoms with E-state index in [9.17, 15) is 9.59 Å². The molecule has 0 aliphatic heterocycles. The van der Waals surface area contributed by atoms with E-state index in [1.807, 2.05) is 34.6 Å². The van der Waals surface area contributed by atoms with E-state index in [4.69, 9.17) is 32.7 Å². The zero-order valence-electron chi connectivity index (χ0n) is 19.6. The molecule has 2 aromatic carbocycles. The second-order valence-corrected chi connectivity index (χ2v) is 9.68. The maximum absolute atomic E-state index is 13.1. The van der Waals surface area contributed by atoms with E-state index in [1.165, 1.54) is 12.3 Å². The standard InChI is InChI=1S/C26H26Cl2N2O4/c1-15-12-20(10-11-22(15)28)33-24-21(13-19(27)14-29-24)23(31)30-16(2)17-6-8-18(9-7-17)25(32)34-26(3,4)5/h6-14,16H,1-5H3,(H,30,31)/t16-/m0/s1. The number of nitrogens with zero attached hydrogens (tertiary/aromatic N) is 1. The van der Waals surface area contributed by atoms with Crippen molar-refractivity contribution in [3.8, 4) is 11.6 Å². The van der Waals surface area contributed by atoms with Crippen LogP contribution in [-0.4, -0.2) is 22.5 Å². The maximum Gasteiger partial charge on any atom is 0.338 e. The predicted octanol–water partition coefficient (Wildman–Crippen LogP) is 6.94. The number of aryl methyl sites for hydroxylation is 1. The molecule has 0 aliphatic rings. The Balaban J connectivity index is 1.75. The Morgan fingerprint density at radius 3 is 2.32 bits per heavy atom. The second kappa shape index (κ2) is 10.5. The van der Waals surface area contributed by atoms with E-state index in [0.717, 1.165) is 11.1 Å². The molecule has 178 valence electrons. The van der Waals surface area contributed by atoms with E-state index in [-0.39, 0.29) is 17.5 Å². The lowest BCUT2D eigenvalue weighted by molar-refractivity contribution is 0.00693. The number of ether oxygens (including phenoxy) is 2. The highest BCUT2D eigenvalue weighted by molar-refractivity contribution is 6.31. The summed E-state index contributed by atoms with van der Waals surface area (Å²) >= 11 is 12.2. The Bertz CT molecular complexity index is 1200. The van der Waals surface area contributed by atoms with E-state index in [0.29, 0.717) is 21.4 Å². The summed E-state index contributed by atoms with van der Waals surface area (Å²) in [6, 6.07) is 13.2. The largest absolute Gasteiger partial charge is 0.456 e. The summed E-state index contributed by atoms with van der Waals surface area (Å²) in [5, 5.41) is 3.84. The molecule has 0 aliphatic carbocycles. The molecule has 1 heterocycles. The Morgan fingerprint density at radius 1 is 1.03 bits per heavy atom. The SMILES string of the molecule is Cc1cc(Oc2ncc(Cl)cc2C(=O)N[C@@H](C)c2ccc(C(=O)OC(C)(C)C)cc2)ccc1Cl. The summed E-state index contributed by atoms with van der Waals surface area (Å²) in [6.07, 6.45) is 1.41. The van der Waals surface area contributed by atoms with Gasteiger partial charge < -0.3 is 14.8 Å². The van der Waals surface area contributed by atoms with Gasteiger partial charge >= 0.3 is 5.97 Å². The van der Waals surface area contributed by atoms with E-state index >= 15 is 0 Å². The number of amides is 1. The highest BCUT2D eigenvalue weighted by Crippen LogP contribution is 2.29. The third kappa shape index (κ3) is 6.72. The van der Waals surface area contributed by atoms with Crippen LogP contribution < -0.4 is 10.1 Å². The number of hydrogen-bond donors (Lipinski definition) is 1. The van der Waals surface area contributed by atoms with Crippen LogP contribution in [0, 0.1) is 6.92 Å². The average molecular weight is 501 g/mol.